The zero-order valence-corrected chi connectivity index (χ0v) is 21.4. The van der Waals surface area contributed by atoms with E-state index in [1.807, 2.05) is 0 Å². The van der Waals surface area contributed by atoms with E-state index in [-0.39, 0.29) is 12.5 Å². The summed E-state index contributed by atoms with van der Waals surface area (Å²) in [6.07, 6.45) is 1.40. The van der Waals surface area contributed by atoms with E-state index in [2.05, 4.69) is 21.2 Å². The monoisotopic (exact) mass is 543 g/mol. The van der Waals surface area contributed by atoms with Gasteiger partial charge in [-0.05, 0) is 53.0 Å². The van der Waals surface area contributed by atoms with Gasteiger partial charge in [0.2, 0.25) is 21.8 Å². The zero-order chi connectivity index (χ0) is 23.9. The van der Waals surface area contributed by atoms with E-state index >= 15 is 0 Å². The fourth-order valence-electron chi connectivity index (χ4n) is 3.27. The van der Waals surface area contributed by atoms with Gasteiger partial charge < -0.3 is 10.2 Å². The van der Waals surface area contributed by atoms with Gasteiger partial charge in [0.1, 0.15) is 12.6 Å². The number of hydrogen-bond donors (Lipinski definition) is 1. The molecule has 2 rings (SSSR count). The Morgan fingerprint density at radius 3 is 2.28 bits per heavy atom. The summed E-state index contributed by atoms with van der Waals surface area (Å²) >= 11 is 9.66. The fourth-order valence-corrected chi connectivity index (χ4v) is 4.94. The van der Waals surface area contributed by atoms with E-state index in [9.17, 15) is 18.0 Å². The van der Waals surface area contributed by atoms with Crippen LogP contribution in [0.5, 0.6) is 0 Å². The lowest BCUT2D eigenvalue weighted by atomic mass is 10.1. The number of hydrogen-bond acceptors (Lipinski definition) is 4. The summed E-state index contributed by atoms with van der Waals surface area (Å²) in [6.45, 7) is 3.62. The molecule has 32 heavy (non-hydrogen) atoms. The molecule has 0 aliphatic heterocycles. The molecule has 0 bridgehead atoms. The average Bonchev–Trinajstić information content (AvgIpc) is 2.73. The number of anilines is 1. The van der Waals surface area contributed by atoms with Crippen molar-refractivity contribution < 1.29 is 18.0 Å². The first kappa shape index (κ1) is 26.2. The van der Waals surface area contributed by atoms with Gasteiger partial charge in [-0.1, -0.05) is 48.9 Å². The third-order valence-corrected chi connectivity index (χ3v) is 7.00. The first-order valence-electron chi connectivity index (χ1n) is 10.1. The van der Waals surface area contributed by atoms with Crippen LogP contribution in [-0.4, -0.2) is 50.5 Å². The molecule has 1 N–H and O–H groups in total. The topological polar surface area (TPSA) is 86.8 Å². The Labute approximate surface area is 202 Å². The van der Waals surface area contributed by atoms with Crippen LogP contribution in [0.15, 0.2) is 53.0 Å². The number of para-hydroxylation sites is 1. The van der Waals surface area contributed by atoms with Crippen molar-refractivity contribution in [2.24, 2.45) is 0 Å². The number of rotatable bonds is 10. The molecule has 0 spiro atoms. The third-order valence-electron chi connectivity index (χ3n) is 4.84. The lowest BCUT2D eigenvalue weighted by molar-refractivity contribution is -0.140. The molecule has 0 saturated carbocycles. The van der Waals surface area contributed by atoms with Crippen LogP contribution in [0.2, 0.25) is 5.02 Å². The van der Waals surface area contributed by atoms with E-state index in [0.717, 1.165) is 10.6 Å². The second-order valence-corrected chi connectivity index (χ2v) is 10.3. The molecule has 2 aromatic carbocycles. The van der Waals surface area contributed by atoms with Crippen molar-refractivity contribution in [3.8, 4) is 0 Å². The minimum Gasteiger partial charge on any atom is -0.355 e. The van der Waals surface area contributed by atoms with Crippen molar-refractivity contribution in [3.05, 3.63) is 63.6 Å². The first-order chi connectivity index (χ1) is 15.1. The lowest BCUT2D eigenvalue weighted by Crippen LogP contribution is -2.52. The smallest absolute Gasteiger partial charge is 0.244 e. The minimum absolute atomic E-state index is 0.0711. The molecule has 0 aliphatic carbocycles. The zero-order valence-electron chi connectivity index (χ0n) is 18.2. The van der Waals surface area contributed by atoms with E-state index in [0.29, 0.717) is 33.7 Å². The number of amides is 2. The number of likely N-dealkylation sites (N-methyl/N-ethyl adjacent to an activating group) is 1. The van der Waals surface area contributed by atoms with E-state index < -0.39 is 28.5 Å². The van der Waals surface area contributed by atoms with Crippen molar-refractivity contribution in [1.82, 2.24) is 10.2 Å². The van der Waals surface area contributed by atoms with Crippen LogP contribution in [0.4, 0.5) is 5.69 Å². The Bertz CT molecular complexity index is 1060. The Morgan fingerprint density at radius 2 is 1.72 bits per heavy atom. The van der Waals surface area contributed by atoms with Crippen molar-refractivity contribution in [1.29, 1.82) is 0 Å². The summed E-state index contributed by atoms with van der Waals surface area (Å²) in [5.41, 5.74) is 1.00. The quantitative estimate of drug-likeness (QED) is 0.493. The number of benzene rings is 2. The molecule has 7 nitrogen and oxygen atoms in total. The molecular weight excluding hydrogens is 518 g/mol. The molecular formula is C22H27BrClN3O4S. The molecule has 2 aromatic rings. The van der Waals surface area contributed by atoms with Crippen LogP contribution in [0.3, 0.4) is 0 Å². The molecule has 0 saturated heterocycles. The van der Waals surface area contributed by atoms with Gasteiger partial charge in [0.25, 0.3) is 0 Å². The largest absolute Gasteiger partial charge is 0.355 e. The highest BCUT2D eigenvalue weighted by molar-refractivity contribution is 9.10. The molecule has 2 amide bonds. The number of carbonyl (C=O) groups excluding carboxylic acids is 2. The molecule has 0 fully saturated rings. The number of sulfonamides is 1. The van der Waals surface area contributed by atoms with Gasteiger partial charge in [0.05, 0.1) is 11.9 Å². The lowest BCUT2D eigenvalue weighted by Gasteiger charge is -2.33. The van der Waals surface area contributed by atoms with Gasteiger partial charge in [-0.25, -0.2) is 8.42 Å². The normalized spacial score (nSPS) is 12.2. The average molecular weight is 545 g/mol. The molecule has 0 heterocycles. The maximum atomic E-state index is 13.5. The third kappa shape index (κ3) is 6.70. The van der Waals surface area contributed by atoms with Crippen molar-refractivity contribution in [3.63, 3.8) is 0 Å². The number of nitrogens with zero attached hydrogens (tertiary/aromatic N) is 2. The fraction of sp³-hybridized carbons (Fsp3) is 0.364. The van der Waals surface area contributed by atoms with Crippen LogP contribution >= 0.6 is 27.5 Å². The maximum absolute atomic E-state index is 13.5. The summed E-state index contributed by atoms with van der Waals surface area (Å²) in [5.74, 6) is -0.814. The number of halogens is 2. The molecule has 174 valence electrons. The van der Waals surface area contributed by atoms with Crippen LogP contribution in [0.25, 0.3) is 0 Å². The number of carbonyl (C=O) groups is 2. The Morgan fingerprint density at radius 1 is 1.09 bits per heavy atom. The van der Waals surface area contributed by atoms with Crippen molar-refractivity contribution in [2.75, 3.05) is 23.7 Å². The summed E-state index contributed by atoms with van der Waals surface area (Å²) in [5, 5.41) is 3.21. The van der Waals surface area contributed by atoms with Crippen LogP contribution in [0.1, 0.15) is 25.8 Å². The standard InChI is InChI=1S/C22H27BrClN3O4S/c1-4-19(22(29)25-5-2)26(14-16-10-6-8-12-18(16)24)21(28)15-27(32(3,30)31)20-13-9-7-11-17(20)23/h6-13,19H,4-5,14-15H2,1-3H3,(H,25,29). The predicted octanol–water partition coefficient (Wildman–Crippen LogP) is 3.81. The molecule has 0 radical (unpaired) electrons. The second-order valence-electron chi connectivity index (χ2n) is 7.15. The van der Waals surface area contributed by atoms with E-state index in [4.69, 9.17) is 11.6 Å². The van der Waals surface area contributed by atoms with E-state index in [1.54, 1.807) is 62.4 Å². The van der Waals surface area contributed by atoms with E-state index in [1.165, 1.54) is 4.90 Å². The van der Waals surface area contributed by atoms with Crippen molar-refractivity contribution in [2.45, 2.75) is 32.9 Å². The summed E-state index contributed by atoms with van der Waals surface area (Å²) in [6, 6.07) is 13.0. The summed E-state index contributed by atoms with van der Waals surface area (Å²) in [7, 11) is -3.78. The van der Waals surface area contributed by atoms with Crippen LogP contribution < -0.4 is 9.62 Å². The highest BCUT2D eigenvalue weighted by Gasteiger charge is 2.32. The maximum Gasteiger partial charge on any atom is 0.244 e. The molecule has 1 unspecified atom stereocenters. The highest BCUT2D eigenvalue weighted by Crippen LogP contribution is 2.28. The Hall–Kier alpha value is -2.10. The molecule has 10 heteroatoms. The van der Waals surface area contributed by atoms with Gasteiger partial charge in [-0.15, -0.1) is 0 Å². The predicted molar refractivity (Wildman–Crippen MR) is 131 cm³/mol. The van der Waals surface area contributed by atoms with Gasteiger partial charge >= 0.3 is 0 Å². The molecule has 0 aliphatic rings. The first-order valence-corrected chi connectivity index (χ1v) is 13.1. The van der Waals surface area contributed by atoms with Gasteiger partial charge in [0.15, 0.2) is 0 Å². The Kier molecular flexibility index (Phi) is 9.54. The highest BCUT2D eigenvalue weighted by atomic mass is 79.9. The summed E-state index contributed by atoms with van der Waals surface area (Å²) < 4.78 is 26.7. The Balaban J connectivity index is 2.46. The minimum atomic E-state index is -3.78. The summed E-state index contributed by atoms with van der Waals surface area (Å²) in [4.78, 5) is 27.6. The molecule has 0 aromatic heterocycles. The number of nitrogens with one attached hydrogen (secondary N) is 1. The van der Waals surface area contributed by atoms with Gasteiger partial charge in [0, 0.05) is 22.6 Å². The van der Waals surface area contributed by atoms with Gasteiger partial charge in [-0.2, -0.15) is 0 Å². The van der Waals surface area contributed by atoms with Gasteiger partial charge in [-0.3, -0.25) is 13.9 Å². The molecule has 1 atom stereocenters. The van der Waals surface area contributed by atoms with Crippen LogP contribution in [-0.2, 0) is 26.2 Å². The second kappa shape index (κ2) is 11.7. The SMILES string of the molecule is CCNC(=O)C(CC)N(Cc1ccccc1Cl)C(=O)CN(c1ccccc1Br)S(C)(=O)=O. The van der Waals surface area contributed by atoms with Crippen molar-refractivity contribution >= 4 is 55.1 Å². The van der Waals surface area contributed by atoms with Crippen LogP contribution in [0, 0.1) is 0 Å².